The summed E-state index contributed by atoms with van der Waals surface area (Å²) in [5, 5.41) is 0. The number of carbonyl (C=O) groups excluding carboxylic acids is 1. The van der Waals surface area contributed by atoms with Gasteiger partial charge in [-0.1, -0.05) is 47.6 Å². The molecular weight excluding hydrogens is 188 g/mol. The Bertz CT molecular complexity index is 214. The topological polar surface area (TPSA) is 26.3 Å². The average Bonchev–Trinajstić information content (AvgIpc) is 1.96. The van der Waals surface area contributed by atoms with E-state index in [0.29, 0.717) is 0 Å². The molecule has 0 aliphatic rings. The monoisotopic (exact) mass is 212 g/mol. The number of rotatable bonds is 3. The second-order valence-corrected chi connectivity index (χ2v) is 6.09. The van der Waals surface area contributed by atoms with Crippen LogP contribution in [0.1, 0.15) is 48.0 Å². The summed E-state index contributed by atoms with van der Waals surface area (Å²) in [6.45, 7) is 16.1. The van der Waals surface area contributed by atoms with E-state index in [4.69, 9.17) is 4.74 Å². The molecule has 0 N–H and O–H groups in total. The van der Waals surface area contributed by atoms with Crippen molar-refractivity contribution in [3.8, 4) is 0 Å². The van der Waals surface area contributed by atoms with Crippen LogP contribution in [-0.2, 0) is 9.53 Å². The van der Waals surface area contributed by atoms with Crippen LogP contribution >= 0.6 is 0 Å². The molecule has 0 aromatic heterocycles. The van der Waals surface area contributed by atoms with Gasteiger partial charge in [-0.3, -0.25) is 4.79 Å². The minimum atomic E-state index is -0.195. The van der Waals surface area contributed by atoms with Gasteiger partial charge in [0, 0.05) is 0 Å². The van der Waals surface area contributed by atoms with Crippen molar-refractivity contribution < 1.29 is 9.53 Å². The number of ether oxygens (including phenoxy) is 1. The zero-order valence-corrected chi connectivity index (χ0v) is 10.9. The molecule has 0 amide bonds. The number of carbonyl (C=O) groups is 1. The normalized spacial score (nSPS) is 12.7. The van der Waals surface area contributed by atoms with Crippen LogP contribution in [-0.4, -0.2) is 12.1 Å². The molecule has 88 valence electrons. The molecule has 0 aliphatic carbocycles. The van der Waals surface area contributed by atoms with Crippen molar-refractivity contribution in [1.29, 1.82) is 0 Å². The Morgan fingerprint density at radius 2 is 1.60 bits per heavy atom. The maximum Gasteiger partial charge on any atom is 0.309 e. The molecule has 15 heavy (non-hydrogen) atoms. The molecule has 0 atom stereocenters. The summed E-state index contributed by atoms with van der Waals surface area (Å²) < 4.78 is 5.51. The lowest BCUT2D eigenvalue weighted by atomic mass is 9.74. The van der Waals surface area contributed by atoms with E-state index in [1.165, 1.54) is 0 Å². The first-order valence-electron chi connectivity index (χ1n) is 5.39. The first kappa shape index (κ1) is 14.2. The fourth-order valence-corrected chi connectivity index (χ4v) is 1.95. The lowest BCUT2D eigenvalue weighted by molar-refractivity contribution is -0.162. The lowest BCUT2D eigenvalue weighted by Gasteiger charge is -2.39. The van der Waals surface area contributed by atoms with Gasteiger partial charge in [-0.05, 0) is 10.8 Å². The van der Waals surface area contributed by atoms with Crippen molar-refractivity contribution in [3.63, 3.8) is 0 Å². The van der Waals surface area contributed by atoms with Gasteiger partial charge in [-0.25, -0.2) is 0 Å². The van der Waals surface area contributed by atoms with E-state index in [1.807, 2.05) is 0 Å². The molecule has 0 radical (unpaired) electrons. The molecule has 0 rings (SSSR count). The summed E-state index contributed by atoms with van der Waals surface area (Å²) in [6, 6.07) is 0. The fourth-order valence-electron chi connectivity index (χ4n) is 1.95. The molecule has 0 spiro atoms. The third-order valence-electron chi connectivity index (χ3n) is 2.13. The van der Waals surface area contributed by atoms with Crippen LogP contribution < -0.4 is 0 Å². The van der Waals surface area contributed by atoms with Crippen LogP contribution in [0.15, 0.2) is 12.7 Å². The summed E-state index contributed by atoms with van der Waals surface area (Å²) in [4.78, 5) is 11.5. The number of hydrogen-bond acceptors (Lipinski definition) is 2. The van der Waals surface area contributed by atoms with Crippen molar-refractivity contribution in [3.05, 3.63) is 12.7 Å². The molecule has 2 heteroatoms. The Labute approximate surface area is 93.7 Å². The van der Waals surface area contributed by atoms with E-state index >= 15 is 0 Å². The predicted octanol–water partition coefficient (Wildman–Crippen LogP) is 3.57. The van der Waals surface area contributed by atoms with E-state index in [9.17, 15) is 4.79 Å². The molecule has 0 aromatic rings. The average molecular weight is 212 g/mol. The SMILES string of the molecule is C=CCC(=O)OC(C(C)(C)C)C(C)(C)C. The predicted molar refractivity (Wildman–Crippen MR) is 63.6 cm³/mol. The van der Waals surface area contributed by atoms with Crippen molar-refractivity contribution in [2.45, 2.75) is 54.1 Å². The van der Waals surface area contributed by atoms with Crippen LogP contribution in [0, 0.1) is 10.8 Å². The molecule has 0 unspecified atom stereocenters. The van der Waals surface area contributed by atoms with Crippen LogP contribution in [0.3, 0.4) is 0 Å². The third-order valence-corrected chi connectivity index (χ3v) is 2.13. The van der Waals surface area contributed by atoms with Gasteiger partial charge >= 0.3 is 5.97 Å². The fraction of sp³-hybridized carbons (Fsp3) is 0.769. The highest BCUT2D eigenvalue weighted by molar-refractivity contribution is 5.71. The van der Waals surface area contributed by atoms with Gasteiger partial charge in [-0.15, -0.1) is 6.58 Å². The van der Waals surface area contributed by atoms with Crippen molar-refractivity contribution >= 4 is 5.97 Å². The third kappa shape index (κ3) is 5.01. The van der Waals surface area contributed by atoms with Gasteiger partial charge in [-0.2, -0.15) is 0 Å². The van der Waals surface area contributed by atoms with Gasteiger partial charge in [0.05, 0.1) is 6.42 Å². The molecule has 0 aliphatic heterocycles. The Hall–Kier alpha value is -0.790. The highest BCUT2D eigenvalue weighted by atomic mass is 16.5. The van der Waals surface area contributed by atoms with E-state index in [-0.39, 0.29) is 29.3 Å². The van der Waals surface area contributed by atoms with E-state index in [0.717, 1.165) is 0 Å². The van der Waals surface area contributed by atoms with Gasteiger partial charge < -0.3 is 4.74 Å². The minimum Gasteiger partial charge on any atom is -0.461 e. The minimum absolute atomic E-state index is 0.0465. The van der Waals surface area contributed by atoms with Crippen LogP contribution in [0.5, 0.6) is 0 Å². The summed E-state index contributed by atoms with van der Waals surface area (Å²) in [6.07, 6.45) is 1.77. The first-order valence-corrected chi connectivity index (χ1v) is 5.39. The summed E-state index contributed by atoms with van der Waals surface area (Å²) >= 11 is 0. The quantitative estimate of drug-likeness (QED) is 0.528. The Morgan fingerprint density at radius 3 is 1.87 bits per heavy atom. The smallest absolute Gasteiger partial charge is 0.309 e. The second-order valence-electron chi connectivity index (χ2n) is 6.09. The summed E-state index contributed by atoms with van der Waals surface area (Å²) in [7, 11) is 0. The van der Waals surface area contributed by atoms with E-state index < -0.39 is 0 Å². The van der Waals surface area contributed by atoms with E-state index in [2.05, 4.69) is 48.1 Å². The van der Waals surface area contributed by atoms with Crippen molar-refractivity contribution in [1.82, 2.24) is 0 Å². The maximum atomic E-state index is 11.5. The molecule has 2 nitrogen and oxygen atoms in total. The van der Waals surface area contributed by atoms with Crippen molar-refractivity contribution in [2.75, 3.05) is 0 Å². The van der Waals surface area contributed by atoms with Gasteiger partial charge in [0.15, 0.2) is 0 Å². The summed E-state index contributed by atoms with van der Waals surface area (Å²) in [5.41, 5.74) is -0.0931. The van der Waals surface area contributed by atoms with Gasteiger partial charge in [0.25, 0.3) is 0 Å². The van der Waals surface area contributed by atoms with E-state index in [1.54, 1.807) is 6.08 Å². The molecular formula is C13H24O2. The van der Waals surface area contributed by atoms with Crippen molar-refractivity contribution in [2.24, 2.45) is 10.8 Å². The highest BCUT2D eigenvalue weighted by Gasteiger charge is 2.37. The Balaban J connectivity index is 4.68. The van der Waals surface area contributed by atoms with Gasteiger partial charge in [0.1, 0.15) is 6.10 Å². The first-order chi connectivity index (χ1) is 6.59. The zero-order chi connectivity index (χ0) is 12.3. The Kier molecular flexibility index (Phi) is 4.57. The highest BCUT2D eigenvalue weighted by Crippen LogP contribution is 2.36. The Morgan fingerprint density at radius 1 is 1.20 bits per heavy atom. The molecule has 0 bridgehead atoms. The molecule has 0 saturated heterocycles. The zero-order valence-electron chi connectivity index (χ0n) is 10.9. The maximum absolute atomic E-state index is 11.5. The van der Waals surface area contributed by atoms with Crippen LogP contribution in [0.25, 0.3) is 0 Å². The standard InChI is InChI=1S/C13H24O2/c1-8-9-10(14)15-11(12(2,3)4)13(5,6)7/h8,11H,1,9H2,2-7H3. The summed E-state index contributed by atoms with van der Waals surface area (Å²) in [5.74, 6) is -0.195. The largest absolute Gasteiger partial charge is 0.461 e. The second kappa shape index (κ2) is 4.82. The lowest BCUT2D eigenvalue weighted by Crippen LogP contribution is -2.41. The molecule has 0 heterocycles. The number of hydrogen-bond donors (Lipinski definition) is 0. The molecule has 0 fully saturated rings. The molecule has 0 saturated carbocycles. The van der Waals surface area contributed by atoms with Gasteiger partial charge in [0.2, 0.25) is 0 Å². The van der Waals surface area contributed by atoms with Crippen LogP contribution in [0.2, 0.25) is 0 Å². The van der Waals surface area contributed by atoms with Crippen LogP contribution in [0.4, 0.5) is 0 Å². The number of esters is 1. The molecule has 0 aromatic carbocycles.